The van der Waals surface area contributed by atoms with Crippen molar-refractivity contribution in [2.45, 2.75) is 19.5 Å². The standard InChI is InChI=1S/C7H9FO/c1-6-5-7(2,8)3-4-9-6/h3-5H,1-2H3. The predicted octanol–water partition coefficient (Wildman–Crippen LogP) is 2.16. The van der Waals surface area contributed by atoms with Crippen LogP contribution in [0.1, 0.15) is 13.8 Å². The van der Waals surface area contributed by atoms with Crippen LogP contribution in [0.15, 0.2) is 24.2 Å². The van der Waals surface area contributed by atoms with Gasteiger partial charge in [0.15, 0.2) is 5.67 Å². The van der Waals surface area contributed by atoms with Crippen LogP contribution in [-0.4, -0.2) is 5.67 Å². The lowest BCUT2D eigenvalue weighted by atomic mass is 10.1. The summed E-state index contributed by atoms with van der Waals surface area (Å²) in [4.78, 5) is 0. The Morgan fingerprint density at radius 2 is 2.33 bits per heavy atom. The lowest BCUT2D eigenvalue weighted by Crippen LogP contribution is -2.13. The fourth-order valence-electron chi connectivity index (χ4n) is 0.754. The van der Waals surface area contributed by atoms with Crippen molar-refractivity contribution in [3.63, 3.8) is 0 Å². The zero-order valence-corrected chi connectivity index (χ0v) is 5.52. The molecule has 0 saturated heterocycles. The Balaban J connectivity index is 2.78. The van der Waals surface area contributed by atoms with Gasteiger partial charge in [-0.25, -0.2) is 4.39 Å². The fourth-order valence-corrected chi connectivity index (χ4v) is 0.754. The van der Waals surface area contributed by atoms with Crippen molar-refractivity contribution in [3.8, 4) is 0 Å². The van der Waals surface area contributed by atoms with E-state index in [1.165, 1.54) is 25.3 Å². The van der Waals surface area contributed by atoms with E-state index in [9.17, 15) is 4.39 Å². The van der Waals surface area contributed by atoms with Gasteiger partial charge in [0.2, 0.25) is 0 Å². The first kappa shape index (κ1) is 6.33. The van der Waals surface area contributed by atoms with Crippen molar-refractivity contribution in [2.24, 2.45) is 0 Å². The Morgan fingerprint density at radius 1 is 1.67 bits per heavy atom. The van der Waals surface area contributed by atoms with E-state index >= 15 is 0 Å². The molecule has 0 N–H and O–H groups in total. The zero-order chi connectivity index (χ0) is 6.91. The molecule has 1 aliphatic rings. The third kappa shape index (κ3) is 1.56. The largest absolute Gasteiger partial charge is 0.470 e. The van der Waals surface area contributed by atoms with E-state index in [0.717, 1.165) is 0 Å². The molecule has 0 amide bonds. The second kappa shape index (κ2) is 1.87. The van der Waals surface area contributed by atoms with Gasteiger partial charge in [0.1, 0.15) is 0 Å². The molecule has 2 heteroatoms. The summed E-state index contributed by atoms with van der Waals surface area (Å²) in [5.41, 5.74) is -1.32. The van der Waals surface area contributed by atoms with Crippen molar-refractivity contribution in [1.29, 1.82) is 0 Å². The van der Waals surface area contributed by atoms with Gasteiger partial charge in [0.25, 0.3) is 0 Å². The number of ether oxygens (including phenoxy) is 1. The van der Waals surface area contributed by atoms with Crippen LogP contribution in [-0.2, 0) is 4.74 Å². The monoisotopic (exact) mass is 128 g/mol. The summed E-state index contributed by atoms with van der Waals surface area (Å²) in [6.07, 6.45) is 4.18. The Labute approximate surface area is 53.8 Å². The van der Waals surface area contributed by atoms with E-state index in [-0.39, 0.29) is 0 Å². The normalized spacial score (nSPS) is 33.4. The summed E-state index contributed by atoms with van der Waals surface area (Å²) in [6, 6.07) is 0. The van der Waals surface area contributed by atoms with Gasteiger partial charge in [-0.2, -0.15) is 0 Å². The number of allylic oxidation sites excluding steroid dienone is 3. The number of alkyl halides is 1. The van der Waals surface area contributed by atoms with Gasteiger partial charge in [-0.15, -0.1) is 0 Å². The molecule has 1 unspecified atom stereocenters. The molecule has 9 heavy (non-hydrogen) atoms. The van der Waals surface area contributed by atoms with Crippen LogP contribution in [0.2, 0.25) is 0 Å². The molecule has 0 aromatic carbocycles. The van der Waals surface area contributed by atoms with Crippen LogP contribution in [0.25, 0.3) is 0 Å². The van der Waals surface area contributed by atoms with Gasteiger partial charge in [0, 0.05) is 0 Å². The summed E-state index contributed by atoms with van der Waals surface area (Å²) in [5, 5.41) is 0. The lowest BCUT2D eigenvalue weighted by Gasteiger charge is -2.15. The van der Waals surface area contributed by atoms with Crippen LogP contribution >= 0.6 is 0 Å². The van der Waals surface area contributed by atoms with Gasteiger partial charge in [-0.1, -0.05) is 0 Å². The molecular formula is C7H9FO. The summed E-state index contributed by atoms with van der Waals surface area (Å²) in [5.74, 6) is 0.613. The van der Waals surface area contributed by atoms with Crippen LogP contribution in [0, 0.1) is 0 Å². The molecule has 0 spiro atoms. The van der Waals surface area contributed by atoms with E-state index in [2.05, 4.69) is 0 Å². The molecule has 0 radical (unpaired) electrons. The van der Waals surface area contributed by atoms with Crippen molar-refractivity contribution >= 4 is 0 Å². The molecule has 1 rings (SSSR count). The van der Waals surface area contributed by atoms with Crippen LogP contribution < -0.4 is 0 Å². The second-order valence-electron chi connectivity index (χ2n) is 2.33. The number of rotatable bonds is 0. The zero-order valence-electron chi connectivity index (χ0n) is 5.52. The summed E-state index contributed by atoms with van der Waals surface area (Å²) in [6.45, 7) is 3.21. The van der Waals surface area contributed by atoms with Crippen LogP contribution in [0.3, 0.4) is 0 Å². The highest BCUT2D eigenvalue weighted by Crippen LogP contribution is 2.20. The minimum Gasteiger partial charge on any atom is -0.470 e. The third-order valence-corrected chi connectivity index (χ3v) is 1.13. The number of hydrogen-bond donors (Lipinski definition) is 0. The highest BCUT2D eigenvalue weighted by Gasteiger charge is 2.19. The molecule has 1 atom stereocenters. The minimum absolute atomic E-state index is 0.613. The van der Waals surface area contributed by atoms with E-state index < -0.39 is 5.67 Å². The topological polar surface area (TPSA) is 9.23 Å². The maximum absolute atomic E-state index is 12.9. The maximum Gasteiger partial charge on any atom is 0.151 e. The molecule has 1 aliphatic heterocycles. The Morgan fingerprint density at radius 3 is 2.67 bits per heavy atom. The van der Waals surface area contributed by atoms with Gasteiger partial charge >= 0.3 is 0 Å². The third-order valence-electron chi connectivity index (χ3n) is 1.13. The maximum atomic E-state index is 12.9. The molecule has 0 bridgehead atoms. The van der Waals surface area contributed by atoms with Crippen LogP contribution in [0.4, 0.5) is 4.39 Å². The second-order valence-corrected chi connectivity index (χ2v) is 2.33. The average Bonchev–Trinajstić information content (AvgIpc) is 1.60. The highest BCUT2D eigenvalue weighted by molar-refractivity contribution is 5.16. The van der Waals surface area contributed by atoms with Crippen molar-refractivity contribution in [3.05, 3.63) is 24.2 Å². The van der Waals surface area contributed by atoms with Crippen molar-refractivity contribution in [2.75, 3.05) is 0 Å². The first-order valence-corrected chi connectivity index (χ1v) is 2.83. The van der Waals surface area contributed by atoms with E-state index in [1.54, 1.807) is 6.92 Å². The molecule has 1 heterocycles. The van der Waals surface area contributed by atoms with E-state index in [1.807, 2.05) is 0 Å². The van der Waals surface area contributed by atoms with E-state index in [4.69, 9.17) is 4.74 Å². The van der Waals surface area contributed by atoms with E-state index in [0.29, 0.717) is 5.76 Å². The number of halogens is 1. The number of hydrogen-bond acceptors (Lipinski definition) is 1. The minimum atomic E-state index is -1.32. The van der Waals surface area contributed by atoms with Crippen molar-refractivity contribution < 1.29 is 9.13 Å². The smallest absolute Gasteiger partial charge is 0.151 e. The molecular weight excluding hydrogens is 119 g/mol. The SMILES string of the molecule is CC1=CC(C)(F)C=CO1. The average molecular weight is 128 g/mol. The summed E-state index contributed by atoms with van der Waals surface area (Å²) < 4.78 is 17.7. The summed E-state index contributed by atoms with van der Waals surface area (Å²) >= 11 is 0. The molecule has 50 valence electrons. The van der Waals surface area contributed by atoms with Gasteiger partial charge in [-0.3, -0.25) is 0 Å². The quantitative estimate of drug-likeness (QED) is 0.485. The van der Waals surface area contributed by atoms with Crippen molar-refractivity contribution in [1.82, 2.24) is 0 Å². The Bertz CT molecular complexity index is 168. The molecule has 0 fully saturated rings. The fraction of sp³-hybridized carbons (Fsp3) is 0.429. The molecule has 0 aromatic heterocycles. The van der Waals surface area contributed by atoms with Gasteiger partial charge in [0.05, 0.1) is 12.0 Å². The Kier molecular flexibility index (Phi) is 1.31. The summed E-state index contributed by atoms with van der Waals surface area (Å²) in [7, 11) is 0. The molecule has 0 aliphatic carbocycles. The molecule has 0 aromatic rings. The molecule has 1 nitrogen and oxygen atoms in total. The first-order chi connectivity index (χ1) is 4.10. The highest BCUT2D eigenvalue weighted by atomic mass is 19.1. The lowest BCUT2D eigenvalue weighted by molar-refractivity contribution is 0.264. The molecule has 0 saturated carbocycles. The Hall–Kier alpha value is -0.790. The van der Waals surface area contributed by atoms with Crippen LogP contribution in [0.5, 0.6) is 0 Å². The van der Waals surface area contributed by atoms with Gasteiger partial charge < -0.3 is 4.74 Å². The van der Waals surface area contributed by atoms with Gasteiger partial charge in [-0.05, 0) is 26.0 Å². The predicted molar refractivity (Wildman–Crippen MR) is 33.5 cm³/mol. The first-order valence-electron chi connectivity index (χ1n) is 2.83.